The molecule has 2 aromatic carbocycles. The molecular formula is C17H19O3P. The van der Waals surface area contributed by atoms with Crippen molar-refractivity contribution in [3.63, 3.8) is 0 Å². The van der Waals surface area contributed by atoms with Crippen LogP contribution < -0.4 is 9.05 Å². The lowest BCUT2D eigenvalue weighted by Crippen LogP contribution is -2.21. The maximum absolute atomic E-state index is 6.08. The van der Waals surface area contributed by atoms with Crippen LogP contribution in [0, 0.1) is 0 Å². The van der Waals surface area contributed by atoms with Gasteiger partial charge in [0.25, 0.3) is 0 Å². The van der Waals surface area contributed by atoms with E-state index in [9.17, 15) is 0 Å². The molecule has 0 aliphatic carbocycles. The van der Waals surface area contributed by atoms with E-state index < -0.39 is 8.38 Å². The molecule has 0 amide bonds. The summed E-state index contributed by atoms with van der Waals surface area (Å²) >= 11 is 0. The monoisotopic (exact) mass is 302 g/mol. The molecule has 0 spiro atoms. The van der Waals surface area contributed by atoms with Gasteiger partial charge in [-0.1, -0.05) is 36.4 Å². The minimum Gasteiger partial charge on any atom is -0.437 e. The fourth-order valence-corrected chi connectivity index (χ4v) is 3.75. The molecule has 1 fully saturated rings. The molecule has 3 nitrogen and oxygen atoms in total. The highest BCUT2D eigenvalue weighted by molar-refractivity contribution is 7.48. The van der Waals surface area contributed by atoms with Crippen LogP contribution in [0.5, 0.6) is 11.5 Å². The highest BCUT2D eigenvalue weighted by Crippen LogP contribution is 2.48. The molecule has 21 heavy (non-hydrogen) atoms. The van der Waals surface area contributed by atoms with E-state index in [4.69, 9.17) is 13.8 Å². The van der Waals surface area contributed by atoms with Crippen molar-refractivity contribution in [2.45, 2.75) is 25.1 Å². The van der Waals surface area contributed by atoms with Crippen LogP contribution in [-0.4, -0.2) is 12.5 Å². The first kappa shape index (κ1) is 14.4. The Kier molecular flexibility index (Phi) is 5.09. The second-order valence-electron chi connectivity index (χ2n) is 4.92. The molecule has 1 saturated heterocycles. The Morgan fingerprint density at radius 2 is 1.38 bits per heavy atom. The molecule has 3 rings (SSSR count). The summed E-state index contributed by atoms with van der Waals surface area (Å²) < 4.78 is 18.0. The number of benzene rings is 2. The van der Waals surface area contributed by atoms with Gasteiger partial charge < -0.3 is 13.8 Å². The van der Waals surface area contributed by atoms with Crippen LogP contribution in [-0.2, 0) is 4.74 Å². The Morgan fingerprint density at radius 1 is 0.810 bits per heavy atom. The summed E-state index contributed by atoms with van der Waals surface area (Å²) in [5, 5.41) is 0. The van der Waals surface area contributed by atoms with Crippen LogP contribution in [0.15, 0.2) is 60.7 Å². The molecule has 1 aliphatic heterocycles. The van der Waals surface area contributed by atoms with Gasteiger partial charge in [0, 0.05) is 6.61 Å². The summed E-state index contributed by atoms with van der Waals surface area (Å²) in [5.41, 5.74) is 0. The standard InChI is InChI=1S/C17H19O3P/c1-3-9-15(10-4-1)19-21(17-13-7-8-14-18-17)20-16-11-5-2-6-12-16/h1-6,9-12,17H,7-8,13-14H2. The van der Waals surface area contributed by atoms with E-state index in [-0.39, 0.29) is 5.85 Å². The van der Waals surface area contributed by atoms with Crippen molar-refractivity contribution in [3.8, 4) is 11.5 Å². The van der Waals surface area contributed by atoms with Crippen molar-refractivity contribution in [3.05, 3.63) is 60.7 Å². The highest BCUT2D eigenvalue weighted by Gasteiger charge is 2.30. The molecule has 0 N–H and O–H groups in total. The van der Waals surface area contributed by atoms with E-state index in [1.165, 1.54) is 6.42 Å². The third kappa shape index (κ3) is 4.20. The van der Waals surface area contributed by atoms with Gasteiger partial charge in [0.05, 0.1) is 0 Å². The summed E-state index contributed by atoms with van der Waals surface area (Å²) in [5.74, 6) is 1.69. The largest absolute Gasteiger partial charge is 0.437 e. The van der Waals surface area contributed by atoms with Gasteiger partial charge in [-0.25, -0.2) is 0 Å². The third-order valence-corrected chi connectivity index (χ3v) is 4.93. The lowest BCUT2D eigenvalue weighted by molar-refractivity contribution is 0.0594. The van der Waals surface area contributed by atoms with Crippen LogP contribution >= 0.6 is 8.38 Å². The van der Waals surface area contributed by atoms with Gasteiger partial charge >= 0.3 is 8.38 Å². The number of para-hydroxylation sites is 2. The van der Waals surface area contributed by atoms with E-state index >= 15 is 0 Å². The summed E-state index contributed by atoms with van der Waals surface area (Å²) in [4.78, 5) is 0. The van der Waals surface area contributed by atoms with Crippen molar-refractivity contribution in [1.29, 1.82) is 0 Å². The van der Waals surface area contributed by atoms with Gasteiger partial charge in [-0.3, -0.25) is 0 Å². The Morgan fingerprint density at radius 3 is 1.86 bits per heavy atom. The molecule has 1 aliphatic rings. The van der Waals surface area contributed by atoms with Crippen molar-refractivity contribution in [1.82, 2.24) is 0 Å². The van der Waals surface area contributed by atoms with Gasteiger partial charge in [-0.15, -0.1) is 0 Å². The lowest BCUT2D eigenvalue weighted by atomic mass is 10.2. The maximum Gasteiger partial charge on any atom is 0.321 e. The van der Waals surface area contributed by atoms with Gasteiger partial charge in [-0.05, 0) is 43.5 Å². The zero-order chi connectivity index (χ0) is 14.3. The number of rotatable bonds is 5. The average molecular weight is 302 g/mol. The normalized spacial score (nSPS) is 18.4. The molecule has 1 heterocycles. The van der Waals surface area contributed by atoms with Gasteiger partial charge in [0.1, 0.15) is 11.5 Å². The highest BCUT2D eigenvalue weighted by atomic mass is 31.2. The summed E-state index contributed by atoms with van der Waals surface area (Å²) in [6, 6.07) is 19.6. The van der Waals surface area contributed by atoms with Crippen LogP contribution in [0.1, 0.15) is 19.3 Å². The van der Waals surface area contributed by atoms with E-state index in [0.29, 0.717) is 0 Å². The molecule has 110 valence electrons. The summed E-state index contributed by atoms with van der Waals surface area (Å²) in [6.07, 6.45) is 3.28. The minimum absolute atomic E-state index is 0.0363. The number of hydrogen-bond donors (Lipinski definition) is 0. The number of ether oxygens (including phenoxy) is 1. The van der Waals surface area contributed by atoms with Crippen molar-refractivity contribution >= 4 is 8.38 Å². The Labute approximate surface area is 126 Å². The Bertz CT molecular complexity index is 485. The van der Waals surface area contributed by atoms with E-state index in [1.807, 2.05) is 60.7 Å². The Balaban J connectivity index is 1.73. The van der Waals surface area contributed by atoms with Crippen molar-refractivity contribution in [2.75, 3.05) is 6.61 Å². The molecule has 1 unspecified atom stereocenters. The van der Waals surface area contributed by atoms with E-state index in [1.54, 1.807) is 0 Å². The molecule has 0 bridgehead atoms. The van der Waals surface area contributed by atoms with Crippen LogP contribution in [0.3, 0.4) is 0 Å². The van der Waals surface area contributed by atoms with Crippen molar-refractivity contribution in [2.24, 2.45) is 0 Å². The SMILES string of the molecule is c1ccc(OP(Oc2ccccc2)C2CCCCO2)cc1. The van der Waals surface area contributed by atoms with Crippen molar-refractivity contribution < 1.29 is 13.8 Å². The summed E-state index contributed by atoms with van der Waals surface area (Å²) in [7, 11) is -1.15. The first-order valence-corrected chi connectivity index (χ1v) is 8.53. The Hall–Kier alpha value is -1.57. The molecule has 2 aromatic rings. The van der Waals surface area contributed by atoms with Crippen LogP contribution in [0.2, 0.25) is 0 Å². The van der Waals surface area contributed by atoms with Gasteiger partial charge in [0.15, 0.2) is 5.85 Å². The molecule has 0 radical (unpaired) electrons. The lowest BCUT2D eigenvalue weighted by Gasteiger charge is -2.29. The molecule has 1 atom stereocenters. The zero-order valence-electron chi connectivity index (χ0n) is 11.9. The first-order chi connectivity index (χ1) is 10.4. The van der Waals surface area contributed by atoms with Gasteiger partial charge in [-0.2, -0.15) is 0 Å². The fourth-order valence-electron chi connectivity index (χ4n) is 2.20. The molecule has 0 aromatic heterocycles. The van der Waals surface area contributed by atoms with Crippen LogP contribution in [0.4, 0.5) is 0 Å². The van der Waals surface area contributed by atoms with E-state index in [2.05, 4.69) is 0 Å². The second kappa shape index (κ2) is 7.44. The topological polar surface area (TPSA) is 27.7 Å². The smallest absolute Gasteiger partial charge is 0.321 e. The number of hydrogen-bond acceptors (Lipinski definition) is 3. The summed E-state index contributed by atoms with van der Waals surface area (Å²) in [6.45, 7) is 0.791. The second-order valence-corrected chi connectivity index (χ2v) is 6.43. The van der Waals surface area contributed by atoms with E-state index in [0.717, 1.165) is 30.9 Å². The average Bonchev–Trinajstić information content (AvgIpc) is 2.57. The molecular weight excluding hydrogens is 283 g/mol. The van der Waals surface area contributed by atoms with Crippen LogP contribution in [0.25, 0.3) is 0 Å². The molecule has 0 saturated carbocycles. The molecule has 4 heteroatoms. The predicted octanol–water partition coefficient (Wildman–Crippen LogP) is 4.98. The maximum atomic E-state index is 6.08. The third-order valence-electron chi connectivity index (χ3n) is 3.27. The first-order valence-electron chi connectivity index (χ1n) is 7.29. The quantitative estimate of drug-likeness (QED) is 0.729. The minimum atomic E-state index is -1.15. The van der Waals surface area contributed by atoms with Gasteiger partial charge in [0.2, 0.25) is 0 Å². The zero-order valence-corrected chi connectivity index (χ0v) is 12.7. The fraction of sp³-hybridized carbons (Fsp3) is 0.294. The predicted molar refractivity (Wildman–Crippen MR) is 84.7 cm³/mol.